The number of nitrogens with zero attached hydrogens (tertiary/aromatic N) is 2. The molecule has 2 amide bonds. The van der Waals surface area contributed by atoms with Crippen LogP contribution in [0.2, 0.25) is 0 Å². The summed E-state index contributed by atoms with van der Waals surface area (Å²) in [5, 5.41) is 0. The maximum absolute atomic E-state index is 12.6. The highest BCUT2D eigenvalue weighted by Crippen LogP contribution is 2.19. The molecule has 1 saturated heterocycles. The van der Waals surface area contributed by atoms with Crippen LogP contribution in [0.15, 0.2) is 24.3 Å². The van der Waals surface area contributed by atoms with Crippen molar-refractivity contribution in [1.82, 2.24) is 9.80 Å². The zero-order valence-corrected chi connectivity index (χ0v) is 15.4. The van der Waals surface area contributed by atoms with Gasteiger partial charge < -0.3 is 19.3 Å². The monoisotopic (exact) mass is 370 g/mol. The number of alkyl halides is 2. The van der Waals surface area contributed by atoms with Gasteiger partial charge in [0, 0.05) is 31.2 Å². The summed E-state index contributed by atoms with van der Waals surface area (Å²) in [6.45, 7) is 5.46. The Morgan fingerprint density at radius 2 is 1.77 bits per heavy atom. The molecule has 1 aliphatic heterocycles. The van der Waals surface area contributed by atoms with Crippen molar-refractivity contribution in [1.29, 1.82) is 0 Å². The molecule has 1 unspecified atom stereocenters. The second-order valence-corrected chi connectivity index (χ2v) is 7.18. The highest BCUT2D eigenvalue weighted by molar-refractivity contribution is 5.94. The summed E-state index contributed by atoms with van der Waals surface area (Å²) in [4.78, 5) is 28.0. The molecule has 0 aromatic heterocycles. The standard InChI is InChI=1S/C18H24F2N2O4/c1-12-11-21(9-10-22(12)17(24)26-18(2,3)4)15(23)13-5-7-14(8-6-13)25-16(19)20/h5-8,12,16H,9-11H2,1-4H3. The third kappa shape index (κ3) is 5.31. The van der Waals surface area contributed by atoms with Crippen LogP contribution in [-0.2, 0) is 4.74 Å². The number of halogens is 2. The summed E-state index contributed by atoms with van der Waals surface area (Å²) in [7, 11) is 0. The SMILES string of the molecule is CC1CN(C(=O)c2ccc(OC(F)F)cc2)CCN1C(=O)OC(C)(C)C. The zero-order valence-electron chi connectivity index (χ0n) is 15.4. The van der Waals surface area contributed by atoms with E-state index in [1.165, 1.54) is 24.3 Å². The average molecular weight is 370 g/mol. The van der Waals surface area contributed by atoms with E-state index in [4.69, 9.17) is 4.74 Å². The first kappa shape index (κ1) is 19.9. The van der Waals surface area contributed by atoms with Crippen molar-refractivity contribution in [3.8, 4) is 5.75 Å². The summed E-state index contributed by atoms with van der Waals surface area (Å²) >= 11 is 0. The van der Waals surface area contributed by atoms with Gasteiger partial charge in [-0.25, -0.2) is 4.79 Å². The summed E-state index contributed by atoms with van der Waals surface area (Å²) in [5.74, 6) is -0.219. The lowest BCUT2D eigenvalue weighted by molar-refractivity contribution is -0.0498. The number of benzene rings is 1. The van der Waals surface area contributed by atoms with Crippen LogP contribution in [0.5, 0.6) is 5.75 Å². The largest absolute Gasteiger partial charge is 0.444 e. The van der Waals surface area contributed by atoms with Crippen LogP contribution < -0.4 is 4.74 Å². The molecule has 144 valence electrons. The molecule has 1 aromatic rings. The molecule has 2 rings (SSSR count). The molecule has 0 N–H and O–H groups in total. The van der Waals surface area contributed by atoms with E-state index in [-0.39, 0.29) is 17.7 Å². The van der Waals surface area contributed by atoms with Crippen LogP contribution in [0.4, 0.5) is 13.6 Å². The van der Waals surface area contributed by atoms with E-state index in [0.717, 1.165) is 0 Å². The zero-order chi connectivity index (χ0) is 19.5. The number of ether oxygens (including phenoxy) is 2. The molecule has 1 aliphatic rings. The Kier molecular flexibility index (Phi) is 6.05. The molecule has 0 saturated carbocycles. The molecule has 1 aromatic carbocycles. The first-order chi connectivity index (χ1) is 12.1. The van der Waals surface area contributed by atoms with E-state index >= 15 is 0 Å². The summed E-state index contributed by atoms with van der Waals surface area (Å²) < 4.78 is 34.0. The average Bonchev–Trinajstić information content (AvgIpc) is 2.52. The Hall–Kier alpha value is -2.38. The van der Waals surface area contributed by atoms with Gasteiger partial charge in [-0.3, -0.25) is 4.79 Å². The van der Waals surface area contributed by atoms with E-state index in [0.29, 0.717) is 25.2 Å². The van der Waals surface area contributed by atoms with Gasteiger partial charge in [-0.05, 0) is 52.0 Å². The lowest BCUT2D eigenvalue weighted by Gasteiger charge is -2.40. The molecule has 0 radical (unpaired) electrons. The predicted octanol–water partition coefficient (Wildman–Crippen LogP) is 3.37. The lowest BCUT2D eigenvalue weighted by atomic mass is 10.1. The van der Waals surface area contributed by atoms with E-state index < -0.39 is 18.3 Å². The fourth-order valence-electron chi connectivity index (χ4n) is 2.70. The molecule has 1 heterocycles. The molecular weight excluding hydrogens is 346 g/mol. The van der Waals surface area contributed by atoms with Crippen LogP contribution in [-0.4, -0.2) is 59.7 Å². The number of hydrogen-bond acceptors (Lipinski definition) is 4. The minimum absolute atomic E-state index is 0.000312. The number of hydrogen-bond donors (Lipinski definition) is 0. The number of carbonyl (C=O) groups excluding carboxylic acids is 2. The Morgan fingerprint density at radius 1 is 1.15 bits per heavy atom. The summed E-state index contributed by atoms with van der Waals surface area (Å²) in [5.41, 5.74) is -0.198. The van der Waals surface area contributed by atoms with Gasteiger partial charge in [0.05, 0.1) is 0 Å². The molecule has 6 nitrogen and oxygen atoms in total. The number of piperazine rings is 1. The molecule has 1 fully saturated rings. The summed E-state index contributed by atoms with van der Waals surface area (Å²) in [6, 6.07) is 5.37. The molecule has 1 atom stereocenters. The quantitative estimate of drug-likeness (QED) is 0.819. The second kappa shape index (κ2) is 7.88. The van der Waals surface area contributed by atoms with E-state index in [9.17, 15) is 18.4 Å². The van der Waals surface area contributed by atoms with Crippen molar-refractivity contribution in [2.75, 3.05) is 19.6 Å². The van der Waals surface area contributed by atoms with Crippen LogP contribution in [0.3, 0.4) is 0 Å². The van der Waals surface area contributed by atoms with Crippen LogP contribution in [0, 0.1) is 0 Å². The maximum Gasteiger partial charge on any atom is 0.410 e. The Morgan fingerprint density at radius 3 is 2.27 bits per heavy atom. The van der Waals surface area contributed by atoms with E-state index in [2.05, 4.69) is 4.74 Å². The van der Waals surface area contributed by atoms with Gasteiger partial charge in [0.15, 0.2) is 0 Å². The van der Waals surface area contributed by atoms with Gasteiger partial charge in [-0.1, -0.05) is 0 Å². The smallest absolute Gasteiger partial charge is 0.410 e. The third-order valence-electron chi connectivity index (χ3n) is 3.87. The second-order valence-electron chi connectivity index (χ2n) is 7.18. The fourth-order valence-corrected chi connectivity index (χ4v) is 2.70. The van der Waals surface area contributed by atoms with Crippen molar-refractivity contribution in [2.24, 2.45) is 0 Å². The van der Waals surface area contributed by atoms with Gasteiger partial charge in [-0.2, -0.15) is 8.78 Å². The first-order valence-corrected chi connectivity index (χ1v) is 8.40. The van der Waals surface area contributed by atoms with E-state index in [1.54, 1.807) is 30.6 Å². The van der Waals surface area contributed by atoms with Crippen LogP contribution in [0.1, 0.15) is 38.1 Å². The maximum atomic E-state index is 12.6. The third-order valence-corrected chi connectivity index (χ3v) is 3.87. The molecule has 8 heteroatoms. The van der Waals surface area contributed by atoms with Crippen molar-refractivity contribution in [2.45, 2.75) is 45.9 Å². The Balaban J connectivity index is 1.97. The van der Waals surface area contributed by atoms with Gasteiger partial charge in [0.1, 0.15) is 11.4 Å². The Labute approximate surface area is 151 Å². The van der Waals surface area contributed by atoms with Crippen LogP contribution in [0.25, 0.3) is 0 Å². The van der Waals surface area contributed by atoms with Crippen molar-refractivity contribution in [3.63, 3.8) is 0 Å². The molecule has 26 heavy (non-hydrogen) atoms. The minimum Gasteiger partial charge on any atom is -0.444 e. The minimum atomic E-state index is -2.90. The number of amides is 2. The van der Waals surface area contributed by atoms with E-state index in [1.807, 2.05) is 6.92 Å². The first-order valence-electron chi connectivity index (χ1n) is 8.40. The number of carbonyl (C=O) groups is 2. The lowest BCUT2D eigenvalue weighted by Crippen LogP contribution is -2.56. The Bertz CT molecular complexity index is 644. The fraction of sp³-hybridized carbons (Fsp3) is 0.556. The summed E-state index contributed by atoms with van der Waals surface area (Å²) in [6.07, 6.45) is -0.398. The highest BCUT2D eigenvalue weighted by Gasteiger charge is 2.32. The van der Waals surface area contributed by atoms with Crippen molar-refractivity contribution >= 4 is 12.0 Å². The van der Waals surface area contributed by atoms with Gasteiger partial charge in [0.2, 0.25) is 0 Å². The normalized spacial score (nSPS) is 18.0. The predicted molar refractivity (Wildman–Crippen MR) is 91.4 cm³/mol. The van der Waals surface area contributed by atoms with Gasteiger partial charge in [-0.15, -0.1) is 0 Å². The highest BCUT2D eigenvalue weighted by atomic mass is 19.3. The van der Waals surface area contributed by atoms with Crippen molar-refractivity contribution < 1.29 is 27.8 Å². The molecule has 0 bridgehead atoms. The topological polar surface area (TPSA) is 59.1 Å². The molecular formula is C18H24F2N2O4. The molecule has 0 spiro atoms. The van der Waals surface area contributed by atoms with Crippen molar-refractivity contribution in [3.05, 3.63) is 29.8 Å². The molecule has 0 aliphatic carbocycles. The van der Waals surface area contributed by atoms with Crippen LogP contribution >= 0.6 is 0 Å². The number of rotatable bonds is 3. The van der Waals surface area contributed by atoms with Gasteiger partial charge >= 0.3 is 12.7 Å². The van der Waals surface area contributed by atoms with Gasteiger partial charge in [0.25, 0.3) is 5.91 Å².